The normalized spacial score (nSPS) is 10.5. The maximum atomic E-state index is 11.6. The maximum absolute atomic E-state index is 11.6. The van der Waals surface area contributed by atoms with E-state index in [1.54, 1.807) is 32.4 Å². The summed E-state index contributed by atoms with van der Waals surface area (Å²) in [6.07, 6.45) is 2.94. The van der Waals surface area contributed by atoms with Gasteiger partial charge in [0.1, 0.15) is 5.52 Å². The average molecular weight is 205 g/mol. The highest BCUT2D eigenvalue weighted by Gasteiger charge is 2.10. The first kappa shape index (κ1) is 9.51. The second-order valence-electron chi connectivity index (χ2n) is 3.48. The van der Waals surface area contributed by atoms with E-state index in [1.165, 1.54) is 15.6 Å². The van der Waals surface area contributed by atoms with Gasteiger partial charge in [-0.05, 0) is 12.1 Å². The molecule has 0 saturated heterocycles. The minimum absolute atomic E-state index is 0.0908. The minimum atomic E-state index is -0.0908. The molecule has 0 spiro atoms. The zero-order chi connectivity index (χ0) is 11.0. The van der Waals surface area contributed by atoms with Crippen LogP contribution in [0.3, 0.4) is 0 Å². The summed E-state index contributed by atoms with van der Waals surface area (Å²) in [7, 11) is 3.38. The van der Waals surface area contributed by atoms with Crippen molar-refractivity contribution in [3.8, 4) is 5.75 Å². The second kappa shape index (κ2) is 3.27. The number of hydrogen-bond acceptors (Lipinski definition) is 3. The molecule has 5 nitrogen and oxygen atoms in total. The van der Waals surface area contributed by atoms with E-state index < -0.39 is 0 Å². The van der Waals surface area contributed by atoms with Crippen LogP contribution in [0.5, 0.6) is 5.75 Å². The standard InChI is InChI=1S/C10H11N3O2/c1-12(2)10(15)7-3-4-8-9(14)5-11-13(8)6-7/h3-6,14H,1-2H3. The Morgan fingerprint density at radius 1 is 1.47 bits per heavy atom. The molecule has 1 amide bonds. The van der Waals surface area contributed by atoms with Gasteiger partial charge in [0.05, 0.1) is 11.8 Å². The monoisotopic (exact) mass is 205 g/mol. The topological polar surface area (TPSA) is 57.8 Å². The van der Waals surface area contributed by atoms with Crippen LogP contribution < -0.4 is 0 Å². The molecule has 0 unspecified atom stereocenters. The molecule has 0 fully saturated rings. The number of carbonyl (C=O) groups excluding carboxylic acids is 1. The predicted molar refractivity (Wildman–Crippen MR) is 54.9 cm³/mol. The molecule has 0 saturated carbocycles. The predicted octanol–water partition coefficient (Wildman–Crippen LogP) is 0.742. The van der Waals surface area contributed by atoms with E-state index in [2.05, 4.69) is 5.10 Å². The van der Waals surface area contributed by atoms with Gasteiger partial charge in [-0.3, -0.25) is 4.79 Å². The number of pyridine rings is 1. The summed E-state index contributed by atoms with van der Waals surface area (Å²) in [5, 5.41) is 13.3. The van der Waals surface area contributed by atoms with Gasteiger partial charge in [0.25, 0.3) is 5.91 Å². The van der Waals surface area contributed by atoms with Gasteiger partial charge in [-0.2, -0.15) is 5.10 Å². The van der Waals surface area contributed by atoms with Crippen molar-refractivity contribution >= 4 is 11.4 Å². The summed E-state index contributed by atoms with van der Waals surface area (Å²) < 4.78 is 1.48. The van der Waals surface area contributed by atoms with E-state index >= 15 is 0 Å². The van der Waals surface area contributed by atoms with Crippen LogP contribution in [-0.2, 0) is 0 Å². The first-order valence-corrected chi connectivity index (χ1v) is 4.47. The van der Waals surface area contributed by atoms with Gasteiger partial charge in [-0.15, -0.1) is 0 Å². The lowest BCUT2D eigenvalue weighted by atomic mass is 10.2. The zero-order valence-electron chi connectivity index (χ0n) is 8.51. The number of aromatic hydroxyl groups is 1. The largest absolute Gasteiger partial charge is 0.504 e. The molecule has 1 N–H and O–H groups in total. The fraction of sp³-hybridized carbons (Fsp3) is 0.200. The second-order valence-corrected chi connectivity index (χ2v) is 3.48. The van der Waals surface area contributed by atoms with Crippen molar-refractivity contribution in [3.63, 3.8) is 0 Å². The average Bonchev–Trinajstić information content (AvgIpc) is 2.59. The van der Waals surface area contributed by atoms with Crippen LogP contribution in [0.4, 0.5) is 0 Å². The van der Waals surface area contributed by atoms with E-state index in [0.717, 1.165) is 0 Å². The van der Waals surface area contributed by atoms with E-state index in [-0.39, 0.29) is 11.7 Å². The van der Waals surface area contributed by atoms with Crippen molar-refractivity contribution in [2.45, 2.75) is 0 Å². The van der Waals surface area contributed by atoms with Crippen LogP contribution in [0.1, 0.15) is 10.4 Å². The third-order valence-electron chi connectivity index (χ3n) is 2.15. The number of amides is 1. The number of rotatable bonds is 1. The Balaban J connectivity index is 2.52. The summed E-state index contributed by atoms with van der Waals surface area (Å²) in [6, 6.07) is 3.33. The number of fused-ring (bicyclic) bond motifs is 1. The number of nitrogens with zero attached hydrogens (tertiary/aromatic N) is 3. The molecule has 0 bridgehead atoms. The summed E-state index contributed by atoms with van der Waals surface area (Å²) in [4.78, 5) is 13.1. The van der Waals surface area contributed by atoms with E-state index in [9.17, 15) is 9.90 Å². The van der Waals surface area contributed by atoms with Crippen molar-refractivity contribution in [3.05, 3.63) is 30.1 Å². The number of carbonyl (C=O) groups is 1. The van der Waals surface area contributed by atoms with Crippen LogP contribution in [0.25, 0.3) is 5.52 Å². The van der Waals surface area contributed by atoms with Crippen LogP contribution in [-0.4, -0.2) is 39.6 Å². The quantitative estimate of drug-likeness (QED) is 0.747. The molecule has 0 aliphatic rings. The Kier molecular flexibility index (Phi) is 2.07. The molecule has 2 aromatic heterocycles. The lowest BCUT2D eigenvalue weighted by Crippen LogP contribution is -2.21. The molecule has 2 rings (SSSR count). The fourth-order valence-electron chi connectivity index (χ4n) is 1.36. The smallest absolute Gasteiger partial charge is 0.254 e. The molecule has 0 aliphatic heterocycles. The minimum Gasteiger partial charge on any atom is -0.504 e. The van der Waals surface area contributed by atoms with Crippen molar-refractivity contribution < 1.29 is 9.90 Å². The molecule has 5 heteroatoms. The molecule has 78 valence electrons. The van der Waals surface area contributed by atoms with Crippen molar-refractivity contribution in [1.29, 1.82) is 0 Å². The first-order valence-electron chi connectivity index (χ1n) is 4.47. The fourth-order valence-corrected chi connectivity index (χ4v) is 1.36. The number of aromatic nitrogens is 2. The highest BCUT2D eigenvalue weighted by Crippen LogP contribution is 2.17. The molecule has 15 heavy (non-hydrogen) atoms. The maximum Gasteiger partial charge on any atom is 0.254 e. The van der Waals surface area contributed by atoms with Crippen molar-refractivity contribution in [1.82, 2.24) is 14.5 Å². The third kappa shape index (κ3) is 1.52. The van der Waals surface area contributed by atoms with Crippen LogP contribution in [0.2, 0.25) is 0 Å². The van der Waals surface area contributed by atoms with E-state index in [0.29, 0.717) is 11.1 Å². The van der Waals surface area contributed by atoms with Gasteiger partial charge in [0.15, 0.2) is 5.75 Å². The van der Waals surface area contributed by atoms with E-state index in [4.69, 9.17) is 0 Å². The summed E-state index contributed by atoms with van der Waals surface area (Å²) >= 11 is 0. The molecule has 0 atom stereocenters. The highest BCUT2D eigenvalue weighted by atomic mass is 16.3. The van der Waals surface area contributed by atoms with Crippen LogP contribution in [0, 0.1) is 0 Å². The zero-order valence-corrected chi connectivity index (χ0v) is 8.51. The van der Waals surface area contributed by atoms with Gasteiger partial charge < -0.3 is 10.0 Å². The van der Waals surface area contributed by atoms with Gasteiger partial charge in [-0.1, -0.05) is 0 Å². The van der Waals surface area contributed by atoms with Gasteiger partial charge >= 0.3 is 0 Å². The molecule has 0 radical (unpaired) electrons. The van der Waals surface area contributed by atoms with Crippen LogP contribution in [0.15, 0.2) is 24.5 Å². The Labute approximate surface area is 86.5 Å². The van der Waals surface area contributed by atoms with Gasteiger partial charge in [0, 0.05) is 20.3 Å². The Morgan fingerprint density at radius 2 is 2.20 bits per heavy atom. The van der Waals surface area contributed by atoms with Crippen LogP contribution >= 0.6 is 0 Å². The lowest BCUT2D eigenvalue weighted by molar-refractivity contribution is 0.0827. The van der Waals surface area contributed by atoms with E-state index in [1.807, 2.05) is 0 Å². The molecule has 0 aromatic carbocycles. The Bertz CT molecular complexity index is 516. The van der Waals surface area contributed by atoms with Gasteiger partial charge in [0.2, 0.25) is 0 Å². The number of hydrogen-bond donors (Lipinski definition) is 1. The SMILES string of the molecule is CN(C)C(=O)c1ccc2c(O)cnn2c1. The third-order valence-corrected chi connectivity index (χ3v) is 2.15. The lowest BCUT2D eigenvalue weighted by Gasteiger charge is -2.09. The van der Waals surface area contributed by atoms with Gasteiger partial charge in [-0.25, -0.2) is 4.52 Å². The summed E-state index contributed by atoms with van der Waals surface area (Å²) in [5.41, 5.74) is 1.13. The Morgan fingerprint density at radius 3 is 2.87 bits per heavy atom. The highest BCUT2D eigenvalue weighted by molar-refractivity contribution is 5.94. The molecular formula is C10H11N3O2. The molecule has 0 aliphatic carbocycles. The summed E-state index contributed by atoms with van der Waals surface area (Å²) in [6.45, 7) is 0. The molecule has 2 aromatic rings. The molecular weight excluding hydrogens is 194 g/mol. The Hall–Kier alpha value is -2.04. The first-order chi connectivity index (χ1) is 7.09. The molecule has 2 heterocycles. The summed E-state index contributed by atoms with van der Waals surface area (Å²) in [5.74, 6) is 0.0192. The van der Waals surface area contributed by atoms with Crippen molar-refractivity contribution in [2.75, 3.05) is 14.1 Å². The van der Waals surface area contributed by atoms with Crippen molar-refractivity contribution in [2.24, 2.45) is 0 Å².